The highest BCUT2D eigenvalue weighted by Gasteiger charge is 2.31. The zero-order valence-electron chi connectivity index (χ0n) is 12.4. The van der Waals surface area contributed by atoms with Crippen LogP contribution in [0.2, 0.25) is 0 Å². The summed E-state index contributed by atoms with van der Waals surface area (Å²) in [5.74, 6) is -0.352. The van der Waals surface area contributed by atoms with Crippen LogP contribution in [-0.4, -0.2) is 22.4 Å². The van der Waals surface area contributed by atoms with Gasteiger partial charge in [0.1, 0.15) is 4.75 Å². The number of rotatable bonds is 5. The summed E-state index contributed by atoms with van der Waals surface area (Å²) in [6, 6.07) is 5.31. The van der Waals surface area contributed by atoms with Crippen LogP contribution in [0.15, 0.2) is 27.1 Å². The number of hydrogen-bond acceptors (Lipinski definition) is 4. The van der Waals surface area contributed by atoms with Crippen molar-refractivity contribution in [1.82, 2.24) is 4.72 Å². The lowest BCUT2D eigenvalue weighted by Crippen LogP contribution is -2.41. The Balaban J connectivity index is 3.04. The number of halogens is 2. The van der Waals surface area contributed by atoms with Crippen LogP contribution in [0, 0.1) is 0 Å². The number of hydrogen-bond donors (Lipinski definition) is 1. The summed E-state index contributed by atoms with van der Waals surface area (Å²) in [6.45, 7) is 5.63. The molecule has 0 heterocycles. The van der Waals surface area contributed by atoms with Gasteiger partial charge < -0.3 is 9.29 Å². The van der Waals surface area contributed by atoms with Gasteiger partial charge in [0.2, 0.25) is 0 Å². The summed E-state index contributed by atoms with van der Waals surface area (Å²) in [7, 11) is 1.34. The van der Waals surface area contributed by atoms with E-state index in [0.29, 0.717) is 0 Å². The standard InChI is InChI=1S/C14H19Br2NO3S/c1-14(2,3)21(19)17-12(8-13(18)20-4)9-5-10(15)7-11(16)6-9/h5-7,12,17H,8H2,1-4H3/t12-,21?/m0/s1. The predicted molar refractivity (Wildman–Crippen MR) is 92.2 cm³/mol. The lowest BCUT2D eigenvalue weighted by atomic mass is 10.1. The number of methoxy groups -OCH3 is 1. The first-order valence-corrected chi connectivity index (χ1v) is 9.08. The SMILES string of the molecule is COC(=O)C[C@H](N[S+]([O-])C(C)(C)C)c1cc(Br)cc(Br)c1. The molecule has 0 saturated carbocycles. The largest absolute Gasteiger partial charge is 0.598 e. The zero-order chi connectivity index (χ0) is 16.2. The van der Waals surface area contributed by atoms with E-state index >= 15 is 0 Å². The van der Waals surface area contributed by atoms with Crippen LogP contribution in [-0.2, 0) is 20.9 Å². The van der Waals surface area contributed by atoms with Gasteiger partial charge in [0.25, 0.3) is 0 Å². The molecule has 0 fully saturated rings. The van der Waals surface area contributed by atoms with Crippen molar-refractivity contribution in [2.24, 2.45) is 0 Å². The van der Waals surface area contributed by atoms with Gasteiger partial charge in [0.05, 0.1) is 19.6 Å². The third kappa shape index (κ3) is 6.28. The Bertz CT molecular complexity index is 485. The molecular weight excluding hydrogens is 422 g/mol. The monoisotopic (exact) mass is 439 g/mol. The molecule has 2 atom stereocenters. The number of nitrogens with one attached hydrogen (secondary N) is 1. The molecule has 1 unspecified atom stereocenters. The molecule has 0 bridgehead atoms. The molecule has 0 aliphatic heterocycles. The van der Waals surface area contributed by atoms with Gasteiger partial charge in [-0.2, -0.15) is 0 Å². The molecule has 0 saturated heterocycles. The number of carbonyl (C=O) groups is 1. The van der Waals surface area contributed by atoms with Gasteiger partial charge in [-0.1, -0.05) is 31.9 Å². The van der Waals surface area contributed by atoms with Gasteiger partial charge in [-0.15, -0.1) is 4.72 Å². The molecule has 0 aliphatic rings. The fourth-order valence-electron chi connectivity index (χ4n) is 1.56. The molecular formula is C14H19Br2NO3S. The molecule has 1 aromatic carbocycles. The summed E-state index contributed by atoms with van der Waals surface area (Å²) in [4.78, 5) is 11.6. The second kappa shape index (κ2) is 7.97. The van der Waals surface area contributed by atoms with E-state index in [9.17, 15) is 9.35 Å². The highest BCUT2D eigenvalue weighted by molar-refractivity contribution is 9.11. The van der Waals surface area contributed by atoms with Crippen molar-refractivity contribution < 1.29 is 14.1 Å². The van der Waals surface area contributed by atoms with Gasteiger partial charge in [0, 0.05) is 20.3 Å². The van der Waals surface area contributed by atoms with Crippen molar-refractivity contribution in [3.05, 3.63) is 32.7 Å². The van der Waals surface area contributed by atoms with Crippen molar-refractivity contribution in [1.29, 1.82) is 0 Å². The first kappa shape index (κ1) is 19.0. The first-order chi connectivity index (χ1) is 9.63. The summed E-state index contributed by atoms with van der Waals surface area (Å²) < 4.78 is 21.4. The lowest BCUT2D eigenvalue weighted by Gasteiger charge is -2.28. The van der Waals surface area contributed by atoms with Gasteiger partial charge in [-0.25, -0.2) is 0 Å². The summed E-state index contributed by atoms with van der Waals surface area (Å²) in [5, 5.41) is 0. The minimum atomic E-state index is -1.29. The average Bonchev–Trinajstić information content (AvgIpc) is 2.35. The highest BCUT2D eigenvalue weighted by Crippen LogP contribution is 2.28. The Kier molecular flexibility index (Phi) is 7.19. The molecule has 0 aliphatic carbocycles. The van der Waals surface area contributed by atoms with Gasteiger partial charge in [0.15, 0.2) is 0 Å². The summed E-state index contributed by atoms with van der Waals surface area (Å²) in [6.07, 6.45) is 0.112. The smallest absolute Gasteiger partial charge is 0.307 e. The fraction of sp³-hybridized carbons (Fsp3) is 0.500. The van der Waals surface area contributed by atoms with Gasteiger partial charge in [-0.3, -0.25) is 4.79 Å². The van der Waals surface area contributed by atoms with Crippen molar-refractivity contribution >= 4 is 49.2 Å². The molecule has 0 amide bonds. The molecule has 118 valence electrons. The minimum Gasteiger partial charge on any atom is -0.598 e. The third-order valence-electron chi connectivity index (χ3n) is 2.69. The molecule has 4 nitrogen and oxygen atoms in total. The number of benzene rings is 1. The first-order valence-electron chi connectivity index (χ1n) is 6.34. The zero-order valence-corrected chi connectivity index (χ0v) is 16.4. The van der Waals surface area contributed by atoms with Crippen molar-refractivity contribution in [3.8, 4) is 0 Å². The summed E-state index contributed by atoms with van der Waals surface area (Å²) >= 11 is 5.55. The Morgan fingerprint density at radius 2 is 1.86 bits per heavy atom. The predicted octanol–water partition coefficient (Wildman–Crippen LogP) is 3.87. The topological polar surface area (TPSA) is 61.4 Å². The van der Waals surface area contributed by atoms with E-state index in [-0.39, 0.29) is 18.4 Å². The van der Waals surface area contributed by atoms with Crippen molar-refractivity contribution in [2.45, 2.75) is 38.0 Å². The number of carbonyl (C=O) groups excluding carboxylic acids is 1. The van der Waals surface area contributed by atoms with E-state index < -0.39 is 16.1 Å². The number of esters is 1. The lowest BCUT2D eigenvalue weighted by molar-refractivity contribution is -0.141. The Morgan fingerprint density at radius 3 is 2.29 bits per heavy atom. The second-order valence-electron chi connectivity index (χ2n) is 5.53. The van der Waals surface area contributed by atoms with Crippen LogP contribution in [0.25, 0.3) is 0 Å². The van der Waals surface area contributed by atoms with E-state index in [1.165, 1.54) is 7.11 Å². The Hall–Kier alpha value is -0.0800. The molecule has 21 heavy (non-hydrogen) atoms. The fourth-order valence-corrected chi connectivity index (χ4v) is 3.72. The molecule has 1 aromatic rings. The molecule has 0 radical (unpaired) electrons. The highest BCUT2D eigenvalue weighted by atomic mass is 79.9. The van der Waals surface area contributed by atoms with Crippen LogP contribution in [0.5, 0.6) is 0 Å². The maximum atomic E-state index is 12.3. The molecule has 1 rings (SSSR count). The molecule has 1 N–H and O–H groups in total. The van der Waals surface area contributed by atoms with Crippen LogP contribution in [0.1, 0.15) is 38.8 Å². The van der Waals surface area contributed by atoms with Crippen molar-refractivity contribution in [3.63, 3.8) is 0 Å². The van der Waals surface area contributed by atoms with Crippen LogP contribution < -0.4 is 4.72 Å². The quantitative estimate of drug-likeness (QED) is 0.557. The Labute approximate surface area is 145 Å². The maximum Gasteiger partial charge on any atom is 0.307 e. The van der Waals surface area contributed by atoms with Crippen LogP contribution in [0.3, 0.4) is 0 Å². The molecule has 7 heteroatoms. The van der Waals surface area contributed by atoms with E-state index in [1.807, 2.05) is 39.0 Å². The van der Waals surface area contributed by atoms with E-state index in [2.05, 4.69) is 36.6 Å². The third-order valence-corrected chi connectivity index (χ3v) is 5.22. The Morgan fingerprint density at radius 1 is 1.33 bits per heavy atom. The maximum absolute atomic E-state index is 12.3. The van der Waals surface area contributed by atoms with Gasteiger partial charge >= 0.3 is 5.97 Å². The van der Waals surface area contributed by atoms with E-state index in [1.54, 1.807) is 0 Å². The van der Waals surface area contributed by atoms with Gasteiger partial charge in [-0.05, 0) is 44.5 Å². The van der Waals surface area contributed by atoms with E-state index in [0.717, 1.165) is 14.5 Å². The average molecular weight is 441 g/mol. The van der Waals surface area contributed by atoms with E-state index in [4.69, 9.17) is 4.74 Å². The normalized spacial score (nSPS) is 14.6. The van der Waals surface area contributed by atoms with Crippen LogP contribution >= 0.6 is 31.9 Å². The number of ether oxygens (including phenoxy) is 1. The van der Waals surface area contributed by atoms with Crippen LogP contribution in [0.4, 0.5) is 0 Å². The molecule has 0 spiro atoms. The minimum absolute atomic E-state index is 0.112. The summed E-state index contributed by atoms with van der Waals surface area (Å²) in [5.41, 5.74) is 0.860. The van der Waals surface area contributed by atoms with Crippen molar-refractivity contribution in [2.75, 3.05) is 7.11 Å². The second-order valence-corrected chi connectivity index (χ2v) is 9.36. The molecule has 0 aromatic heterocycles.